The zero-order chi connectivity index (χ0) is 21.5. The Balaban J connectivity index is 1.58. The molecule has 0 saturated carbocycles. The molecule has 31 heavy (non-hydrogen) atoms. The molecule has 7 heteroatoms. The molecule has 0 fully saturated rings. The number of hydrogen-bond acceptors (Lipinski definition) is 4. The third kappa shape index (κ3) is 3.84. The molecule has 0 N–H and O–H groups in total. The van der Waals surface area contributed by atoms with Gasteiger partial charge < -0.3 is 9.47 Å². The summed E-state index contributed by atoms with van der Waals surface area (Å²) in [7, 11) is 0. The summed E-state index contributed by atoms with van der Waals surface area (Å²) in [6.45, 7) is 2.58. The normalized spacial score (nSPS) is 19.4. The van der Waals surface area contributed by atoms with Crippen molar-refractivity contribution < 1.29 is 9.47 Å². The van der Waals surface area contributed by atoms with Crippen LogP contribution in [0.1, 0.15) is 42.3 Å². The molecule has 0 bridgehead atoms. The lowest BCUT2D eigenvalue weighted by molar-refractivity contribution is -0.0189. The third-order valence-electron chi connectivity index (χ3n) is 5.46. The number of ether oxygens (including phenoxy) is 2. The number of hydrogen-bond donors (Lipinski definition) is 0. The Hall–Kier alpha value is -2.40. The van der Waals surface area contributed by atoms with Crippen molar-refractivity contribution in [3.8, 4) is 11.5 Å². The molecule has 0 saturated heterocycles. The maximum atomic E-state index is 6.53. The second-order valence-electron chi connectivity index (χ2n) is 7.43. The monoisotopic (exact) mass is 472 g/mol. The first-order valence-corrected chi connectivity index (χ1v) is 11.2. The summed E-state index contributed by atoms with van der Waals surface area (Å²) in [6, 6.07) is 19.2. The quantitative estimate of drug-likeness (QED) is 0.399. The lowest BCUT2D eigenvalue weighted by Gasteiger charge is -2.38. The van der Waals surface area contributed by atoms with E-state index in [-0.39, 0.29) is 6.04 Å². The number of benzene rings is 3. The highest BCUT2D eigenvalue weighted by Crippen LogP contribution is 2.50. The molecule has 2 heterocycles. The van der Waals surface area contributed by atoms with E-state index in [9.17, 15) is 0 Å². The van der Waals surface area contributed by atoms with Gasteiger partial charge in [-0.3, -0.25) is 0 Å². The van der Waals surface area contributed by atoms with Crippen LogP contribution in [-0.4, -0.2) is 17.3 Å². The molecule has 4 nitrogen and oxygen atoms in total. The third-order valence-corrected chi connectivity index (χ3v) is 6.21. The lowest BCUT2D eigenvalue weighted by atomic mass is 9.96. The summed E-state index contributed by atoms with van der Waals surface area (Å²) in [4.78, 5) is 0. The zero-order valence-electron chi connectivity index (χ0n) is 16.7. The van der Waals surface area contributed by atoms with E-state index in [1.165, 1.54) is 0 Å². The van der Waals surface area contributed by atoms with Gasteiger partial charge in [0.2, 0.25) is 6.23 Å². The van der Waals surface area contributed by atoms with Crippen LogP contribution in [0.25, 0.3) is 0 Å². The number of halogens is 3. The van der Waals surface area contributed by atoms with Crippen LogP contribution in [0.4, 0.5) is 0 Å². The van der Waals surface area contributed by atoms with E-state index in [4.69, 9.17) is 49.4 Å². The van der Waals surface area contributed by atoms with Crippen LogP contribution in [0.2, 0.25) is 15.1 Å². The van der Waals surface area contributed by atoms with Crippen molar-refractivity contribution in [3.63, 3.8) is 0 Å². The molecule has 3 aromatic rings. The van der Waals surface area contributed by atoms with E-state index in [0.29, 0.717) is 33.8 Å². The minimum Gasteiger partial charge on any atom is -0.494 e. The van der Waals surface area contributed by atoms with Gasteiger partial charge in [0.1, 0.15) is 11.5 Å². The van der Waals surface area contributed by atoms with Gasteiger partial charge >= 0.3 is 0 Å². The van der Waals surface area contributed by atoms with E-state index in [0.717, 1.165) is 28.2 Å². The number of nitrogens with zero attached hydrogens (tertiary/aromatic N) is 2. The van der Waals surface area contributed by atoms with Crippen LogP contribution in [-0.2, 0) is 0 Å². The van der Waals surface area contributed by atoms with Gasteiger partial charge in [-0.1, -0.05) is 46.9 Å². The minimum absolute atomic E-state index is 0.0396. The van der Waals surface area contributed by atoms with Crippen molar-refractivity contribution in [1.29, 1.82) is 0 Å². The molecular formula is C24H19Cl3N2O2. The summed E-state index contributed by atoms with van der Waals surface area (Å²) in [5, 5.41) is 8.71. The number of fused-ring (bicyclic) bond motifs is 3. The maximum absolute atomic E-state index is 6.53. The Morgan fingerprint density at radius 2 is 1.74 bits per heavy atom. The predicted octanol–water partition coefficient (Wildman–Crippen LogP) is 7.29. The van der Waals surface area contributed by atoms with E-state index in [2.05, 4.69) is 0 Å². The van der Waals surface area contributed by atoms with Gasteiger partial charge in [-0.25, -0.2) is 5.01 Å². The fraction of sp³-hybridized carbons (Fsp3) is 0.208. The highest BCUT2D eigenvalue weighted by atomic mass is 35.5. The zero-order valence-corrected chi connectivity index (χ0v) is 19.0. The van der Waals surface area contributed by atoms with Gasteiger partial charge in [-0.05, 0) is 61.0 Å². The SMILES string of the molecule is CCOc1ccc(C2Oc3c(Cl)cc(Cl)cc3C3CC(c4ccc(Cl)cc4)=NN32)cc1. The molecule has 2 unspecified atom stereocenters. The van der Waals surface area contributed by atoms with Crippen LogP contribution < -0.4 is 9.47 Å². The van der Waals surface area contributed by atoms with Crippen molar-refractivity contribution in [2.24, 2.45) is 5.10 Å². The molecule has 3 aromatic carbocycles. The molecule has 0 spiro atoms. The van der Waals surface area contributed by atoms with Gasteiger partial charge in [0.25, 0.3) is 0 Å². The molecule has 0 radical (unpaired) electrons. The van der Waals surface area contributed by atoms with Crippen molar-refractivity contribution in [3.05, 3.63) is 92.4 Å². The molecule has 0 amide bonds. The van der Waals surface area contributed by atoms with Crippen LogP contribution in [0.3, 0.4) is 0 Å². The summed E-state index contributed by atoms with van der Waals surface area (Å²) in [5.41, 5.74) is 3.89. The summed E-state index contributed by atoms with van der Waals surface area (Å²) >= 11 is 18.9. The molecule has 158 valence electrons. The molecule has 2 atom stereocenters. The lowest BCUT2D eigenvalue weighted by Crippen LogP contribution is -2.33. The van der Waals surface area contributed by atoms with E-state index < -0.39 is 6.23 Å². The van der Waals surface area contributed by atoms with Crippen molar-refractivity contribution in [2.75, 3.05) is 6.61 Å². The molecule has 2 aliphatic heterocycles. The van der Waals surface area contributed by atoms with Crippen molar-refractivity contribution in [1.82, 2.24) is 5.01 Å². The standard InChI is InChI=1S/C24H19Cl3N2O2/c1-2-30-18-9-5-15(6-10-18)24-29-22(19-11-17(26)12-20(27)23(19)31-24)13-21(28-29)14-3-7-16(25)8-4-14/h3-12,22,24H,2,13H2,1H3. The van der Waals surface area contributed by atoms with Crippen LogP contribution in [0, 0.1) is 0 Å². The fourth-order valence-electron chi connectivity index (χ4n) is 4.05. The average Bonchev–Trinajstić information content (AvgIpc) is 3.20. The highest BCUT2D eigenvalue weighted by Gasteiger charge is 2.42. The van der Waals surface area contributed by atoms with Crippen LogP contribution in [0.5, 0.6) is 11.5 Å². The van der Waals surface area contributed by atoms with E-state index in [1.54, 1.807) is 6.07 Å². The first-order chi connectivity index (χ1) is 15.0. The smallest absolute Gasteiger partial charge is 0.213 e. The summed E-state index contributed by atoms with van der Waals surface area (Å²) < 4.78 is 12.0. The van der Waals surface area contributed by atoms with Crippen LogP contribution >= 0.6 is 34.8 Å². The molecule has 0 aromatic heterocycles. The molecular weight excluding hydrogens is 455 g/mol. The summed E-state index contributed by atoms with van der Waals surface area (Å²) in [6.07, 6.45) is 0.291. The van der Waals surface area contributed by atoms with Gasteiger partial charge in [-0.15, -0.1) is 0 Å². The second kappa shape index (κ2) is 8.27. The first kappa shape index (κ1) is 20.5. The van der Waals surface area contributed by atoms with E-state index in [1.807, 2.05) is 66.5 Å². The Bertz CT molecular complexity index is 1150. The van der Waals surface area contributed by atoms with Gasteiger partial charge in [0, 0.05) is 27.6 Å². The van der Waals surface area contributed by atoms with Crippen molar-refractivity contribution in [2.45, 2.75) is 25.6 Å². The minimum atomic E-state index is -0.420. The number of hydrazone groups is 1. The molecule has 2 aliphatic rings. The van der Waals surface area contributed by atoms with E-state index >= 15 is 0 Å². The van der Waals surface area contributed by atoms with Gasteiger partial charge in [0.05, 0.1) is 23.4 Å². The predicted molar refractivity (Wildman–Crippen MR) is 125 cm³/mol. The van der Waals surface area contributed by atoms with Gasteiger partial charge in [0.15, 0.2) is 0 Å². The largest absolute Gasteiger partial charge is 0.494 e. The topological polar surface area (TPSA) is 34.1 Å². The fourth-order valence-corrected chi connectivity index (χ4v) is 4.73. The Morgan fingerprint density at radius 3 is 2.45 bits per heavy atom. The summed E-state index contributed by atoms with van der Waals surface area (Å²) in [5.74, 6) is 1.47. The molecule has 0 aliphatic carbocycles. The Kier molecular flexibility index (Phi) is 5.47. The Labute approximate surface area is 195 Å². The average molecular weight is 474 g/mol. The maximum Gasteiger partial charge on any atom is 0.213 e. The second-order valence-corrected chi connectivity index (χ2v) is 8.71. The van der Waals surface area contributed by atoms with Crippen molar-refractivity contribution >= 4 is 40.5 Å². The van der Waals surface area contributed by atoms with Gasteiger partial charge in [-0.2, -0.15) is 5.10 Å². The molecule has 5 rings (SSSR count). The Morgan fingerprint density at radius 1 is 1.00 bits per heavy atom. The number of rotatable bonds is 4. The first-order valence-electron chi connectivity index (χ1n) is 10.0. The highest BCUT2D eigenvalue weighted by molar-refractivity contribution is 6.35. The van der Waals surface area contributed by atoms with Crippen LogP contribution in [0.15, 0.2) is 65.8 Å².